The van der Waals surface area contributed by atoms with Gasteiger partial charge >= 0.3 is 0 Å². The second-order valence-corrected chi connectivity index (χ2v) is 3.50. The van der Waals surface area contributed by atoms with Crippen molar-refractivity contribution in [3.63, 3.8) is 0 Å². The van der Waals surface area contributed by atoms with E-state index in [2.05, 4.69) is 15.3 Å². The fraction of sp³-hybridized carbons (Fsp3) is 0.167. The number of nitrogens with zero attached hydrogens (tertiary/aromatic N) is 2. The summed E-state index contributed by atoms with van der Waals surface area (Å²) in [5.41, 5.74) is 7.62. The van der Waals surface area contributed by atoms with Crippen LogP contribution in [0.15, 0.2) is 36.4 Å². The molecule has 0 unspecified atom stereocenters. The Bertz CT molecular complexity index is 468. The number of hydrogen-bond donors (Lipinski definition) is 2. The third kappa shape index (κ3) is 2.35. The zero-order valence-corrected chi connectivity index (χ0v) is 9.14. The number of hydrogen-bond acceptors (Lipinski definition) is 4. The summed E-state index contributed by atoms with van der Waals surface area (Å²) >= 11 is 0. The number of nitrogens with two attached hydrogens (primary N) is 1. The Balaban J connectivity index is 2.41. The Morgan fingerprint density at radius 2 is 1.94 bits per heavy atom. The van der Waals surface area contributed by atoms with Crippen LogP contribution in [0.5, 0.6) is 0 Å². The van der Waals surface area contributed by atoms with Gasteiger partial charge in [0, 0.05) is 18.2 Å². The number of nitrogen functional groups attached to an aromatic ring is 1. The fourth-order valence-electron chi connectivity index (χ4n) is 1.51. The van der Waals surface area contributed by atoms with E-state index in [4.69, 9.17) is 5.73 Å². The Hall–Kier alpha value is -1.94. The Labute approximate surface area is 94.5 Å². The Morgan fingerprint density at radius 1 is 1.19 bits per heavy atom. The third-order valence-corrected chi connectivity index (χ3v) is 2.19. The molecule has 0 spiro atoms. The van der Waals surface area contributed by atoms with Crippen molar-refractivity contribution in [1.82, 2.24) is 15.3 Å². The lowest BCUT2D eigenvalue weighted by Gasteiger charge is -2.05. The van der Waals surface area contributed by atoms with Gasteiger partial charge in [-0.05, 0) is 7.05 Å². The molecule has 16 heavy (non-hydrogen) atoms. The van der Waals surface area contributed by atoms with Gasteiger partial charge in [0.15, 0.2) is 5.82 Å². The number of benzene rings is 1. The van der Waals surface area contributed by atoms with Gasteiger partial charge in [-0.2, -0.15) is 0 Å². The quantitative estimate of drug-likeness (QED) is 0.811. The van der Waals surface area contributed by atoms with Crippen molar-refractivity contribution in [2.75, 3.05) is 12.8 Å². The number of nitrogens with one attached hydrogen (secondary N) is 1. The molecule has 2 rings (SSSR count). The SMILES string of the molecule is CNCc1cc(N)nc(-c2ccccc2)n1. The molecular formula is C12H14N4. The molecule has 82 valence electrons. The summed E-state index contributed by atoms with van der Waals surface area (Å²) < 4.78 is 0. The molecule has 0 amide bonds. The molecule has 0 bridgehead atoms. The molecule has 0 aliphatic heterocycles. The van der Waals surface area contributed by atoms with Gasteiger partial charge in [-0.1, -0.05) is 30.3 Å². The van der Waals surface area contributed by atoms with Crippen LogP contribution < -0.4 is 11.1 Å². The predicted molar refractivity (Wildman–Crippen MR) is 64.6 cm³/mol. The lowest BCUT2D eigenvalue weighted by molar-refractivity contribution is 0.789. The van der Waals surface area contributed by atoms with Gasteiger partial charge in [0.25, 0.3) is 0 Å². The summed E-state index contributed by atoms with van der Waals surface area (Å²) in [6, 6.07) is 11.6. The molecular weight excluding hydrogens is 200 g/mol. The number of rotatable bonds is 3. The number of aromatic nitrogens is 2. The molecule has 0 saturated carbocycles. The van der Waals surface area contributed by atoms with Crippen LogP contribution in [0.2, 0.25) is 0 Å². The highest BCUT2D eigenvalue weighted by atomic mass is 15.0. The van der Waals surface area contributed by atoms with Gasteiger partial charge in [-0.25, -0.2) is 9.97 Å². The van der Waals surface area contributed by atoms with Crippen LogP contribution >= 0.6 is 0 Å². The van der Waals surface area contributed by atoms with Crippen molar-refractivity contribution in [2.24, 2.45) is 0 Å². The molecule has 4 nitrogen and oxygen atoms in total. The maximum atomic E-state index is 5.75. The highest BCUT2D eigenvalue weighted by Gasteiger charge is 2.04. The number of anilines is 1. The fourth-order valence-corrected chi connectivity index (χ4v) is 1.51. The van der Waals surface area contributed by atoms with E-state index >= 15 is 0 Å². The maximum absolute atomic E-state index is 5.75. The average Bonchev–Trinajstić information content (AvgIpc) is 2.30. The van der Waals surface area contributed by atoms with E-state index in [1.54, 1.807) is 6.07 Å². The van der Waals surface area contributed by atoms with Crippen LogP contribution in [-0.4, -0.2) is 17.0 Å². The smallest absolute Gasteiger partial charge is 0.161 e. The van der Waals surface area contributed by atoms with E-state index in [1.807, 2.05) is 37.4 Å². The van der Waals surface area contributed by atoms with Crippen molar-refractivity contribution >= 4 is 5.82 Å². The largest absolute Gasteiger partial charge is 0.384 e. The summed E-state index contributed by atoms with van der Waals surface area (Å²) in [6.07, 6.45) is 0. The summed E-state index contributed by atoms with van der Waals surface area (Å²) in [5.74, 6) is 1.17. The second-order valence-electron chi connectivity index (χ2n) is 3.50. The summed E-state index contributed by atoms with van der Waals surface area (Å²) in [5, 5.41) is 3.04. The van der Waals surface area contributed by atoms with Crippen molar-refractivity contribution in [3.05, 3.63) is 42.1 Å². The van der Waals surface area contributed by atoms with Crippen LogP contribution in [0.4, 0.5) is 5.82 Å². The minimum atomic E-state index is 0.499. The molecule has 1 aromatic heterocycles. The third-order valence-electron chi connectivity index (χ3n) is 2.19. The van der Waals surface area contributed by atoms with Crippen LogP contribution in [0.3, 0.4) is 0 Å². The lowest BCUT2D eigenvalue weighted by atomic mass is 10.2. The molecule has 0 atom stereocenters. The van der Waals surface area contributed by atoms with E-state index in [9.17, 15) is 0 Å². The van der Waals surface area contributed by atoms with Crippen LogP contribution in [0.1, 0.15) is 5.69 Å². The Kier molecular flexibility index (Phi) is 3.12. The van der Waals surface area contributed by atoms with E-state index in [-0.39, 0.29) is 0 Å². The molecule has 4 heteroatoms. The van der Waals surface area contributed by atoms with Gasteiger partial charge in [0.1, 0.15) is 5.82 Å². The van der Waals surface area contributed by atoms with Crippen molar-refractivity contribution < 1.29 is 0 Å². The topological polar surface area (TPSA) is 63.8 Å². The Morgan fingerprint density at radius 3 is 2.62 bits per heavy atom. The molecule has 0 aliphatic rings. The van der Waals surface area contributed by atoms with E-state index < -0.39 is 0 Å². The minimum Gasteiger partial charge on any atom is -0.384 e. The van der Waals surface area contributed by atoms with Crippen molar-refractivity contribution in [3.8, 4) is 11.4 Å². The van der Waals surface area contributed by atoms with Gasteiger partial charge in [-0.15, -0.1) is 0 Å². The molecule has 0 fully saturated rings. The van der Waals surface area contributed by atoms with Gasteiger partial charge in [0.2, 0.25) is 0 Å². The summed E-state index contributed by atoms with van der Waals surface area (Å²) in [4.78, 5) is 8.67. The maximum Gasteiger partial charge on any atom is 0.161 e. The molecule has 2 aromatic rings. The second kappa shape index (κ2) is 4.72. The molecule has 0 aliphatic carbocycles. The first-order chi connectivity index (χ1) is 7.79. The first-order valence-electron chi connectivity index (χ1n) is 5.13. The van der Waals surface area contributed by atoms with E-state index in [0.717, 1.165) is 11.3 Å². The zero-order valence-electron chi connectivity index (χ0n) is 9.14. The standard InChI is InChI=1S/C12H14N4/c1-14-8-10-7-11(13)16-12(15-10)9-5-3-2-4-6-9/h2-7,14H,8H2,1H3,(H2,13,15,16). The minimum absolute atomic E-state index is 0.499. The first-order valence-corrected chi connectivity index (χ1v) is 5.13. The molecule has 0 saturated heterocycles. The predicted octanol–water partition coefficient (Wildman–Crippen LogP) is 1.45. The molecule has 3 N–H and O–H groups in total. The van der Waals surface area contributed by atoms with Crippen LogP contribution in [0.25, 0.3) is 11.4 Å². The molecule has 1 heterocycles. The van der Waals surface area contributed by atoms with Crippen molar-refractivity contribution in [1.29, 1.82) is 0 Å². The lowest BCUT2D eigenvalue weighted by Crippen LogP contribution is -2.09. The average molecular weight is 214 g/mol. The zero-order chi connectivity index (χ0) is 11.4. The van der Waals surface area contributed by atoms with Gasteiger partial charge < -0.3 is 11.1 Å². The molecule has 1 aromatic carbocycles. The van der Waals surface area contributed by atoms with Crippen LogP contribution in [-0.2, 0) is 6.54 Å². The summed E-state index contributed by atoms with van der Waals surface area (Å²) in [6.45, 7) is 0.687. The van der Waals surface area contributed by atoms with E-state index in [0.29, 0.717) is 18.2 Å². The first kappa shape index (κ1) is 10.6. The summed E-state index contributed by atoms with van der Waals surface area (Å²) in [7, 11) is 1.88. The monoisotopic (exact) mass is 214 g/mol. The highest BCUT2D eigenvalue weighted by Crippen LogP contribution is 2.16. The van der Waals surface area contributed by atoms with Crippen LogP contribution in [0, 0.1) is 0 Å². The van der Waals surface area contributed by atoms with Crippen molar-refractivity contribution in [2.45, 2.75) is 6.54 Å². The van der Waals surface area contributed by atoms with E-state index in [1.165, 1.54) is 0 Å². The van der Waals surface area contributed by atoms with Gasteiger partial charge in [0.05, 0.1) is 5.69 Å². The molecule has 0 radical (unpaired) electrons. The highest BCUT2D eigenvalue weighted by molar-refractivity contribution is 5.56. The van der Waals surface area contributed by atoms with Gasteiger partial charge in [-0.3, -0.25) is 0 Å². The normalized spacial score (nSPS) is 10.3.